The van der Waals surface area contributed by atoms with Crippen LogP contribution in [-0.2, 0) is 17.9 Å². The summed E-state index contributed by atoms with van der Waals surface area (Å²) in [6.45, 7) is 5.20. The highest BCUT2D eigenvalue weighted by atomic mass is 35.5. The summed E-state index contributed by atoms with van der Waals surface area (Å²) in [7, 11) is 0. The predicted octanol–water partition coefficient (Wildman–Crippen LogP) is 6.28. The van der Waals surface area contributed by atoms with Gasteiger partial charge in [-0.2, -0.15) is 0 Å². The summed E-state index contributed by atoms with van der Waals surface area (Å²) in [5, 5.41) is 20.8. The van der Waals surface area contributed by atoms with Crippen LogP contribution in [-0.4, -0.2) is 92.0 Å². The lowest BCUT2D eigenvalue weighted by Gasteiger charge is -2.08. The number of carbonyl (C=O) groups excluding carboxylic acids is 5. The van der Waals surface area contributed by atoms with Gasteiger partial charge in [-0.05, 0) is 61.5 Å². The van der Waals surface area contributed by atoms with Crippen LogP contribution >= 0.6 is 11.6 Å². The van der Waals surface area contributed by atoms with E-state index < -0.39 is 5.97 Å². The lowest BCUT2D eigenvalue weighted by molar-refractivity contribution is -0.105. The summed E-state index contributed by atoms with van der Waals surface area (Å²) >= 11 is 4.82. The highest BCUT2D eigenvalue weighted by Crippen LogP contribution is 2.31. The SMILES string of the molecule is C.CC(=O)c1cccc(-c2nc3cccc4c3n2CCNC4=O)c1.Nc1cccc2c1NCCNC2=O.O=C(O)c1cccc(-c2nc3cccc4c3n2CCNC4=O)c1.O=CCCl. The third-order valence-corrected chi connectivity index (χ3v) is 10.4. The zero-order chi connectivity index (χ0) is 44.6. The number of aromatic carboxylic acids is 1. The van der Waals surface area contributed by atoms with E-state index in [1.54, 1.807) is 61.5 Å². The van der Waals surface area contributed by atoms with E-state index in [0.29, 0.717) is 79.3 Å². The van der Waals surface area contributed by atoms with Crippen LogP contribution in [0.15, 0.2) is 103 Å². The fourth-order valence-corrected chi connectivity index (χ4v) is 7.45. The number of hydrogen-bond acceptors (Lipinski definition) is 10. The summed E-state index contributed by atoms with van der Waals surface area (Å²) in [6, 6.07) is 30.5. The van der Waals surface area contributed by atoms with Crippen molar-refractivity contribution in [2.75, 3.05) is 43.1 Å². The number of imidazole rings is 2. The number of ketones is 1. The molecule has 328 valence electrons. The van der Waals surface area contributed by atoms with Crippen molar-refractivity contribution < 1.29 is 33.9 Å². The normalized spacial score (nSPS) is 13.3. The molecule has 10 rings (SSSR count). The molecule has 0 spiro atoms. The highest BCUT2D eigenvalue weighted by Gasteiger charge is 2.24. The molecule has 64 heavy (non-hydrogen) atoms. The first-order valence-corrected chi connectivity index (χ1v) is 20.4. The third kappa shape index (κ3) is 9.61. The van der Waals surface area contributed by atoms with Gasteiger partial charge in [-0.25, -0.2) is 14.8 Å². The second-order valence-electron chi connectivity index (χ2n) is 14.3. The second-order valence-corrected chi connectivity index (χ2v) is 14.6. The van der Waals surface area contributed by atoms with Crippen LogP contribution in [0.4, 0.5) is 11.4 Å². The van der Waals surface area contributed by atoms with Crippen molar-refractivity contribution in [2.45, 2.75) is 27.4 Å². The van der Waals surface area contributed by atoms with Crippen LogP contribution in [0.5, 0.6) is 0 Å². The summed E-state index contributed by atoms with van der Waals surface area (Å²) in [5.74, 6) is 0.373. The monoisotopic (exact) mass is 883 g/mol. The Kier molecular flexibility index (Phi) is 14.5. The molecule has 3 amide bonds. The fraction of sp³-hybridized carbons (Fsp3) is 0.191. The van der Waals surface area contributed by atoms with Gasteiger partial charge in [0.2, 0.25) is 0 Å². The van der Waals surface area contributed by atoms with Gasteiger partial charge in [0.1, 0.15) is 17.9 Å². The smallest absolute Gasteiger partial charge is 0.335 e. The molecule has 0 saturated heterocycles. The van der Waals surface area contributed by atoms with Crippen molar-refractivity contribution >= 4 is 80.8 Å². The van der Waals surface area contributed by atoms with Crippen molar-refractivity contribution in [1.82, 2.24) is 35.1 Å². The maximum Gasteiger partial charge on any atom is 0.335 e. The molecule has 3 aliphatic heterocycles. The number of anilines is 2. The largest absolute Gasteiger partial charge is 0.478 e. The number of nitrogens with two attached hydrogens (primary N) is 1. The van der Waals surface area contributed by atoms with E-state index in [9.17, 15) is 29.1 Å². The minimum absolute atomic E-state index is 0. The van der Waals surface area contributed by atoms with Crippen LogP contribution < -0.4 is 27.0 Å². The topological polar surface area (TPSA) is 232 Å². The van der Waals surface area contributed by atoms with E-state index in [2.05, 4.69) is 30.8 Å². The number of benzene rings is 5. The first-order chi connectivity index (χ1) is 30.5. The number of carboxylic acid groups (broad SMARTS) is 1. The van der Waals surface area contributed by atoms with E-state index in [4.69, 9.17) is 27.1 Å². The Labute approximate surface area is 372 Å². The number of carboxylic acids is 1. The molecule has 2 aromatic heterocycles. The predicted molar refractivity (Wildman–Crippen MR) is 247 cm³/mol. The molecular weight excluding hydrogens is 838 g/mol. The van der Waals surface area contributed by atoms with Crippen molar-refractivity contribution in [3.63, 3.8) is 0 Å². The lowest BCUT2D eigenvalue weighted by atomic mass is 10.1. The molecule has 16 nitrogen and oxygen atoms in total. The molecule has 0 aliphatic carbocycles. The molecule has 0 bridgehead atoms. The van der Waals surface area contributed by atoms with Crippen molar-refractivity contribution in [3.8, 4) is 22.8 Å². The van der Waals surface area contributed by atoms with Gasteiger partial charge < -0.3 is 46.0 Å². The molecule has 5 heterocycles. The fourth-order valence-electron chi connectivity index (χ4n) is 7.45. The Bertz CT molecular complexity index is 2770. The number of aldehydes is 1. The zero-order valence-corrected chi connectivity index (χ0v) is 34.7. The molecular formula is C47H46ClN9O7. The molecule has 0 atom stereocenters. The van der Waals surface area contributed by atoms with E-state index in [1.807, 2.05) is 53.1 Å². The Balaban J connectivity index is 0.000000157. The first kappa shape index (κ1) is 45.7. The molecule has 3 aliphatic rings. The number of amides is 3. The number of carbonyl (C=O) groups is 6. The lowest BCUT2D eigenvalue weighted by Crippen LogP contribution is -2.24. The Morgan fingerprint density at radius 1 is 0.672 bits per heavy atom. The quantitative estimate of drug-likeness (QED) is 0.0488. The van der Waals surface area contributed by atoms with Crippen molar-refractivity contribution in [2.24, 2.45) is 0 Å². The minimum atomic E-state index is -0.976. The average Bonchev–Trinajstić information content (AvgIpc) is 3.65. The van der Waals surface area contributed by atoms with Crippen LogP contribution in [0.25, 0.3) is 44.8 Å². The number of nitrogen functional groups attached to an aromatic ring is 1. The summed E-state index contributed by atoms with van der Waals surface area (Å²) in [5.41, 5.74) is 14.6. The minimum Gasteiger partial charge on any atom is -0.478 e. The molecule has 0 fully saturated rings. The molecule has 7 aromatic rings. The number of para-hydroxylation sites is 3. The van der Waals surface area contributed by atoms with Gasteiger partial charge in [0, 0.05) is 56.0 Å². The van der Waals surface area contributed by atoms with Gasteiger partial charge in [0.25, 0.3) is 17.7 Å². The standard InChI is InChI=1S/C18H15N3O2.C17H13N3O3.C9H11N3O.C2H3ClO.CH4/c1-11(22)12-4-2-5-13(10-12)17-20-15-7-3-6-14-16(15)21(17)9-8-19-18(14)23;21-16-12-5-2-6-13-14(12)20(8-7-18-16)15(19-13)10-3-1-4-11(9-10)17(22)23;10-7-3-1-2-6-8(7)11-4-5-12-9(6)13;3-1-2-4;/h2-7,10H,8-9H2,1H3,(H,19,23);1-6,9H,7-8H2,(H,18,21)(H,22,23);1-3,11H,4-5,10H2,(H,12,13);2H,1H2;1H4. The number of nitrogens with zero attached hydrogens (tertiary/aromatic N) is 4. The van der Waals surface area contributed by atoms with Crippen LogP contribution in [0.3, 0.4) is 0 Å². The van der Waals surface area contributed by atoms with Gasteiger partial charge in [0.05, 0.1) is 61.6 Å². The average molecular weight is 884 g/mol. The summed E-state index contributed by atoms with van der Waals surface area (Å²) in [4.78, 5) is 77.0. The maximum atomic E-state index is 12.2. The van der Waals surface area contributed by atoms with Crippen molar-refractivity contribution in [1.29, 1.82) is 0 Å². The Hall–Kier alpha value is -7.85. The molecule has 7 N–H and O–H groups in total. The highest BCUT2D eigenvalue weighted by molar-refractivity contribution is 6.24. The van der Waals surface area contributed by atoms with Gasteiger partial charge in [-0.3, -0.25) is 19.2 Å². The zero-order valence-electron chi connectivity index (χ0n) is 34.0. The first-order valence-electron chi connectivity index (χ1n) is 19.9. The molecule has 0 unspecified atom stereocenters. The number of halogens is 1. The molecule has 5 aromatic carbocycles. The van der Waals surface area contributed by atoms with E-state index in [1.165, 1.54) is 0 Å². The third-order valence-electron chi connectivity index (χ3n) is 10.3. The van der Waals surface area contributed by atoms with Crippen LogP contribution in [0.1, 0.15) is 66.1 Å². The molecule has 17 heteroatoms. The summed E-state index contributed by atoms with van der Waals surface area (Å²) < 4.78 is 4.03. The number of Topliss-reactive ketones (excluding diaryl/α,β-unsaturated/α-hetero) is 1. The Morgan fingerprint density at radius 3 is 1.62 bits per heavy atom. The second kappa shape index (κ2) is 20.3. The number of alkyl halides is 1. The molecule has 0 saturated carbocycles. The summed E-state index contributed by atoms with van der Waals surface area (Å²) in [6.07, 6.45) is 0.640. The van der Waals surface area contributed by atoms with Gasteiger partial charge in [-0.1, -0.05) is 56.0 Å². The number of fused-ring (bicyclic) bond motifs is 1. The van der Waals surface area contributed by atoms with Crippen LogP contribution in [0, 0.1) is 0 Å². The Morgan fingerprint density at radius 2 is 1.11 bits per heavy atom. The van der Waals surface area contributed by atoms with Gasteiger partial charge in [-0.15, -0.1) is 11.6 Å². The van der Waals surface area contributed by atoms with E-state index >= 15 is 0 Å². The number of hydrogen-bond donors (Lipinski definition) is 6. The number of nitrogens with one attached hydrogen (secondary N) is 4. The van der Waals surface area contributed by atoms with Gasteiger partial charge in [0.15, 0.2) is 5.78 Å². The maximum absolute atomic E-state index is 12.2. The van der Waals surface area contributed by atoms with E-state index in [-0.39, 0.29) is 42.4 Å². The van der Waals surface area contributed by atoms with Crippen molar-refractivity contribution in [3.05, 3.63) is 131 Å². The van der Waals surface area contributed by atoms with Gasteiger partial charge >= 0.3 is 5.97 Å². The van der Waals surface area contributed by atoms with E-state index in [0.717, 1.165) is 44.7 Å². The number of aromatic nitrogens is 4. The number of rotatable bonds is 5. The molecule has 0 radical (unpaired) electrons. The van der Waals surface area contributed by atoms with Crippen LogP contribution in [0.2, 0.25) is 0 Å².